The van der Waals surface area contributed by atoms with Crippen LogP contribution >= 0.6 is 23.1 Å². The molecule has 1 atom stereocenters. The first kappa shape index (κ1) is 19.1. The van der Waals surface area contributed by atoms with Gasteiger partial charge in [0.05, 0.1) is 30.9 Å². The van der Waals surface area contributed by atoms with Crippen molar-refractivity contribution in [3.63, 3.8) is 0 Å². The summed E-state index contributed by atoms with van der Waals surface area (Å²) in [5.74, 6) is 0. The molecule has 4 nitrogen and oxygen atoms in total. The first-order valence-corrected chi connectivity index (χ1v) is 10.8. The quantitative estimate of drug-likeness (QED) is 0.556. The third-order valence-corrected chi connectivity index (χ3v) is 6.48. The summed E-state index contributed by atoms with van der Waals surface area (Å²) in [5.41, 5.74) is 4.64. The Morgan fingerprint density at radius 1 is 1.27 bits per heavy atom. The zero-order chi connectivity index (χ0) is 18.5. The molecule has 3 rings (SSSR count). The fourth-order valence-electron chi connectivity index (χ4n) is 2.93. The van der Waals surface area contributed by atoms with Gasteiger partial charge in [-0.3, -0.25) is 0 Å². The van der Waals surface area contributed by atoms with Gasteiger partial charge in [-0.05, 0) is 13.2 Å². The van der Waals surface area contributed by atoms with Gasteiger partial charge in [-0.15, -0.1) is 11.3 Å². The number of methoxy groups -OCH3 is 1. The maximum Gasteiger partial charge on any atom is 0.119 e. The standard InChI is InChI=1S/C20H25N3OS2/c1-14(25-4)10-17-20(16-8-6-5-7-9-16)21-13-23(17)11-18-15(2)22-19(26-18)12-24-3/h5-9,13-14H,10-12H2,1-4H3. The van der Waals surface area contributed by atoms with Crippen molar-refractivity contribution in [3.8, 4) is 11.3 Å². The third kappa shape index (κ3) is 4.37. The lowest BCUT2D eigenvalue weighted by Gasteiger charge is -2.13. The normalized spacial score (nSPS) is 12.5. The number of benzene rings is 1. The molecule has 2 heterocycles. The second kappa shape index (κ2) is 8.84. The van der Waals surface area contributed by atoms with Gasteiger partial charge in [0, 0.05) is 34.9 Å². The highest BCUT2D eigenvalue weighted by Crippen LogP contribution is 2.27. The van der Waals surface area contributed by atoms with Crippen molar-refractivity contribution in [1.82, 2.24) is 14.5 Å². The molecule has 26 heavy (non-hydrogen) atoms. The van der Waals surface area contributed by atoms with E-state index in [1.165, 1.54) is 16.1 Å². The summed E-state index contributed by atoms with van der Waals surface area (Å²) in [6.45, 7) is 5.72. The van der Waals surface area contributed by atoms with E-state index in [2.05, 4.69) is 53.9 Å². The van der Waals surface area contributed by atoms with E-state index in [1.807, 2.05) is 24.2 Å². The second-order valence-corrected chi connectivity index (χ2v) is 8.78. The van der Waals surface area contributed by atoms with Crippen LogP contribution < -0.4 is 0 Å². The van der Waals surface area contributed by atoms with Gasteiger partial charge in [0.2, 0.25) is 0 Å². The fraction of sp³-hybridized carbons (Fsp3) is 0.400. The van der Waals surface area contributed by atoms with Crippen LogP contribution in [0.4, 0.5) is 0 Å². The van der Waals surface area contributed by atoms with Gasteiger partial charge in [0.1, 0.15) is 5.01 Å². The molecule has 0 saturated heterocycles. The van der Waals surface area contributed by atoms with E-state index in [0.29, 0.717) is 11.9 Å². The lowest BCUT2D eigenvalue weighted by molar-refractivity contribution is 0.184. The van der Waals surface area contributed by atoms with Crippen molar-refractivity contribution < 1.29 is 4.74 Å². The van der Waals surface area contributed by atoms with E-state index in [4.69, 9.17) is 9.72 Å². The Kier molecular flexibility index (Phi) is 6.51. The van der Waals surface area contributed by atoms with Crippen LogP contribution in [0.15, 0.2) is 36.7 Å². The number of imidazole rings is 1. The number of thiazole rings is 1. The molecule has 0 aliphatic rings. The highest BCUT2D eigenvalue weighted by atomic mass is 32.2. The average Bonchev–Trinajstić information content (AvgIpc) is 3.20. The minimum Gasteiger partial charge on any atom is -0.378 e. The molecule has 0 radical (unpaired) electrons. The number of nitrogens with zero attached hydrogens (tertiary/aromatic N) is 3. The Labute approximate surface area is 163 Å². The number of hydrogen-bond acceptors (Lipinski definition) is 5. The summed E-state index contributed by atoms with van der Waals surface area (Å²) in [7, 11) is 1.71. The molecule has 0 amide bonds. The van der Waals surface area contributed by atoms with E-state index >= 15 is 0 Å². The number of hydrogen-bond donors (Lipinski definition) is 0. The molecular weight excluding hydrogens is 362 g/mol. The molecule has 1 unspecified atom stereocenters. The van der Waals surface area contributed by atoms with Gasteiger partial charge in [-0.1, -0.05) is 37.3 Å². The molecule has 0 fully saturated rings. The third-order valence-electron chi connectivity index (χ3n) is 4.40. The van der Waals surface area contributed by atoms with Crippen molar-refractivity contribution in [3.05, 3.63) is 57.9 Å². The predicted molar refractivity (Wildman–Crippen MR) is 111 cm³/mol. The van der Waals surface area contributed by atoms with E-state index in [1.54, 1.807) is 18.4 Å². The van der Waals surface area contributed by atoms with Gasteiger partial charge in [0.25, 0.3) is 0 Å². The first-order chi connectivity index (χ1) is 12.6. The number of thioether (sulfide) groups is 1. The van der Waals surface area contributed by atoms with Gasteiger partial charge < -0.3 is 9.30 Å². The summed E-state index contributed by atoms with van der Waals surface area (Å²) < 4.78 is 7.51. The van der Waals surface area contributed by atoms with Gasteiger partial charge >= 0.3 is 0 Å². The summed E-state index contributed by atoms with van der Waals surface area (Å²) in [6.07, 6.45) is 5.13. The Morgan fingerprint density at radius 2 is 2.04 bits per heavy atom. The molecule has 0 aliphatic carbocycles. The van der Waals surface area contributed by atoms with Gasteiger partial charge in [0.15, 0.2) is 0 Å². The van der Waals surface area contributed by atoms with Crippen LogP contribution in [-0.2, 0) is 24.3 Å². The monoisotopic (exact) mass is 387 g/mol. The van der Waals surface area contributed by atoms with Crippen LogP contribution in [-0.4, -0.2) is 33.2 Å². The van der Waals surface area contributed by atoms with E-state index in [-0.39, 0.29) is 0 Å². The van der Waals surface area contributed by atoms with Crippen LogP contribution in [0.2, 0.25) is 0 Å². The summed E-state index contributed by atoms with van der Waals surface area (Å²) >= 11 is 3.62. The average molecular weight is 388 g/mol. The maximum atomic E-state index is 5.23. The minimum absolute atomic E-state index is 0.541. The zero-order valence-electron chi connectivity index (χ0n) is 15.7. The number of ether oxygens (including phenoxy) is 1. The van der Waals surface area contributed by atoms with Crippen molar-refractivity contribution >= 4 is 23.1 Å². The number of aryl methyl sites for hydroxylation is 1. The van der Waals surface area contributed by atoms with Gasteiger partial charge in [-0.25, -0.2) is 9.97 Å². The van der Waals surface area contributed by atoms with Crippen molar-refractivity contribution in [2.75, 3.05) is 13.4 Å². The molecule has 2 aromatic heterocycles. The molecule has 138 valence electrons. The highest BCUT2D eigenvalue weighted by Gasteiger charge is 2.17. The minimum atomic E-state index is 0.541. The Balaban J connectivity index is 1.95. The Morgan fingerprint density at radius 3 is 2.73 bits per heavy atom. The number of aromatic nitrogens is 3. The van der Waals surface area contributed by atoms with Gasteiger partial charge in [-0.2, -0.15) is 11.8 Å². The van der Waals surface area contributed by atoms with E-state index in [9.17, 15) is 0 Å². The van der Waals surface area contributed by atoms with Crippen LogP contribution in [0.1, 0.15) is 28.2 Å². The van der Waals surface area contributed by atoms with Crippen LogP contribution in [0, 0.1) is 6.92 Å². The molecule has 0 N–H and O–H groups in total. The fourth-order valence-corrected chi connectivity index (χ4v) is 4.29. The molecule has 3 aromatic rings. The van der Waals surface area contributed by atoms with Crippen LogP contribution in [0.25, 0.3) is 11.3 Å². The topological polar surface area (TPSA) is 39.9 Å². The Bertz CT molecular complexity index is 842. The SMILES string of the molecule is COCc1nc(C)c(Cn2cnc(-c3ccccc3)c2CC(C)SC)s1. The molecule has 0 spiro atoms. The van der Waals surface area contributed by atoms with Crippen molar-refractivity contribution in [2.24, 2.45) is 0 Å². The first-order valence-electron chi connectivity index (χ1n) is 8.68. The maximum absolute atomic E-state index is 5.23. The Hall–Kier alpha value is -1.63. The highest BCUT2D eigenvalue weighted by molar-refractivity contribution is 7.99. The smallest absolute Gasteiger partial charge is 0.119 e. The lowest BCUT2D eigenvalue weighted by Crippen LogP contribution is -2.09. The molecule has 1 aromatic carbocycles. The largest absolute Gasteiger partial charge is 0.378 e. The second-order valence-electron chi connectivity index (χ2n) is 6.33. The van der Waals surface area contributed by atoms with E-state index in [0.717, 1.165) is 29.4 Å². The lowest BCUT2D eigenvalue weighted by atomic mass is 10.1. The molecular formula is C20H25N3OS2. The summed E-state index contributed by atoms with van der Waals surface area (Å²) in [5, 5.41) is 1.57. The molecule has 6 heteroatoms. The molecule has 0 saturated carbocycles. The molecule has 0 aliphatic heterocycles. The van der Waals surface area contributed by atoms with Crippen LogP contribution in [0.3, 0.4) is 0 Å². The van der Waals surface area contributed by atoms with Crippen LogP contribution in [0.5, 0.6) is 0 Å². The summed E-state index contributed by atoms with van der Waals surface area (Å²) in [6, 6.07) is 10.5. The zero-order valence-corrected chi connectivity index (χ0v) is 17.4. The summed E-state index contributed by atoms with van der Waals surface area (Å²) in [4.78, 5) is 10.7. The number of rotatable bonds is 8. The van der Waals surface area contributed by atoms with Crippen molar-refractivity contribution in [2.45, 2.75) is 38.7 Å². The van der Waals surface area contributed by atoms with Crippen molar-refractivity contribution in [1.29, 1.82) is 0 Å². The predicted octanol–water partition coefficient (Wildman–Crippen LogP) is 4.80. The van der Waals surface area contributed by atoms with E-state index < -0.39 is 0 Å². The molecule has 0 bridgehead atoms.